The first-order chi connectivity index (χ1) is 31.2. The van der Waals surface area contributed by atoms with Gasteiger partial charge in [0.05, 0.1) is 24.8 Å². The van der Waals surface area contributed by atoms with Crippen LogP contribution in [0.2, 0.25) is 0 Å². The van der Waals surface area contributed by atoms with Crippen LogP contribution in [-0.2, 0) is 17.9 Å². The van der Waals surface area contributed by atoms with Crippen LogP contribution in [0, 0.1) is 5.92 Å². The van der Waals surface area contributed by atoms with E-state index < -0.39 is 18.2 Å². The summed E-state index contributed by atoms with van der Waals surface area (Å²) in [6, 6.07) is 38.2. The predicted molar refractivity (Wildman–Crippen MR) is 244 cm³/mol. The zero-order chi connectivity index (χ0) is 44.4. The number of piperidine rings is 3. The number of aromatic amines is 1. The molecule has 3 aliphatic heterocycles. The maximum absolute atomic E-state index is 14.1. The van der Waals surface area contributed by atoms with Crippen LogP contribution in [0.3, 0.4) is 0 Å². The molecule has 0 saturated carbocycles. The lowest BCUT2D eigenvalue weighted by Crippen LogP contribution is -2.52. The molecule has 3 fully saturated rings. The second-order valence-electron chi connectivity index (χ2n) is 16.6. The fraction of sp³-hybridized carbons (Fsp3) is 0.314. The largest absolute Gasteiger partial charge is 0.506 e. The Hall–Kier alpha value is -6.67. The molecule has 5 N–H and O–H groups in total. The van der Waals surface area contributed by atoms with Crippen molar-refractivity contribution in [3.63, 3.8) is 0 Å². The molecule has 13 nitrogen and oxygen atoms in total. The predicted octanol–water partition coefficient (Wildman–Crippen LogP) is 7.09. The number of carbonyl (C=O) groups excluding carboxylic acids is 2. The Morgan fingerprint density at radius 2 is 1.61 bits per heavy atom. The van der Waals surface area contributed by atoms with Crippen molar-refractivity contribution in [1.82, 2.24) is 25.4 Å². The van der Waals surface area contributed by atoms with Gasteiger partial charge in [-0.15, -0.1) is 0 Å². The van der Waals surface area contributed by atoms with Crippen LogP contribution in [-0.4, -0.2) is 89.5 Å². The molecule has 1 aromatic heterocycles. The average molecular weight is 866 g/mol. The number of aromatic nitrogens is 1. The summed E-state index contributed by atoms with van der Waals surface area (Å²) in [6.07, 6.45) is 1.32. The molecule has 2 bridgehead atoms. The van der Waals surface area contributed by atoms with Crippen molar-refractivity contribution < 1.29 is 34.0 Å². The second-order valence-corrected chi connectivity index (χ2v) is 16.6. The monoisotopic (exact) mass is 865 g/mol. The summed E-state index contributed by atoms with van der Waals surface area (Å²) in [6.45, 7) is 4.81. The van der Waals surface area contributed by atoms with Gasteiger partial charge in [0.1, 0.15) is 30.0 Å². The summed E-state index contributed by atoms with van der Waals surface area (Å²) < 4.78 is 17.6. The number of amides is 2. The molecular weight excluding hydrogens is 811 g/mol. The Balaban J connectivity index is 0.882. The second kappa shape index (κ2) is 20.7. The van der Waals surface area contributed by atoms with Crippen molar-refractivity contribution in [2.45, 2.75) is 50.7 Å². The number of nitrogens with one attached hydrogen (secondary N) is 3. The highest BCUT2D eigenvalue weighted by Gasteiger charge is 2.37. The van der Waals surface area contributed by atoms with Gasteiger partial charge in [-0.3, -0.25) is 14.5 Å². The first-order valence-corrected chi connectivity index (χ1v) is 21.9. The third-order valence-electron chi connectivity index (χ3n) is 12.3. The van der Waals surface area contributed by atoms with Crippen molar-refractivity contribution in [3.05, 3.63) is 171 Å². The first-order valence-electron chi connectivity index (χ1n) is 21.9. The Kier molecular flexibility index (Phi) is 14.2. The van der Waals surface area contributed by atoms with E-state index >= 15 is 0 Å². The number of fused-ring (bicyclic) bond motifs is 4. The Morgan fingerprint density at radius 3 is 2.34 bits per heavy atom. The van der Waals surface area contributed by atoms with Gasteiger partial charge < -0.3 is 44.9 Å². The quantitative estimate of drug-likeness (QED) is 0.0564. The number of hydrogen-bond acceptors (Lipinski definition) is 10. The number of nitrogens with zero attached hydrogens (tertiary/aromatic N) is 2. The highest BCUT2D eigenvalue weighted by Crippen LogP contribution is 2.32. The van der Waals surface area contributed by atoms with Crippen molar-refractivity contribution in [2.75, 3.05) is 46.4 Å². The van der Waals surface area contributed by atoms with Crippen molar-refractivity contribution >= 4 is 22.9 Å². The van der Waals surface area contributed by atoms with E-state index in [4.69, 9.17) is 14.2 Å². The van der Waals surface area contributed by atoms with Crippen molar-refractivity contribution in [2.24, 2.45) is 5.92 Å². The zero-order valence-electron chi connectivity index (χ0n) is 36.0. The number of ether oxygens (including phenoxy) is 3. The molecule has 332 valence electrons. The van der Waals surface area contributed by atoms with Gasteiger partial charge in [-0.2, -0.15) is 0 Å². The highest BCUT2D eigenvalue weighted by atomic mass is 16.6. The van der Waals surface area contributed by atoms with E-state index in [0.717, 1.165) is 60.5 Å². The van der Waals surface area contributed by atoms with Gasteiger partial charge in [0.25, 0.3) is 5.91 Å². The van der Waals surface area contributed by atoms with Gasteiger partial charge in [-0.25, -0.2) is 4.79 Å². The lowest BCUT2D eigenvalue weighted by atomic mass is 9.86. The minimum atomic E-state index is -0.893. The lowest BCUT2D eigenvalue weighted by Gasteiger charge is -2.43. The third-order valence-corrected chi connectivity index (χ3v) is 12.3. The molecule has 0 radical (unpaired) electrons. The maximum atomic E-state index is 14.1. The van der Waals surface area contributed by atoms with Crippen LogP contribution < -0.4 is 25.7 Å². The summed E-state index contributed by atoms with van der Waals surface area (Å²) >= 11 is 0. The number of hydrogen-bond donors (Lipinski definition) is 5. The molecule has 3 aliphatic rings. The van der Waals surface area contributed by atoms with Crippen molar-refractivity contribution in [3.8, 4) is 17.2 Å². The van der Waals surface area contributed by atoms with Gasteiger partial charge in [0.15, 0.2) is 0 Å². The Labute approximate surface area is 372 Å². The van der Waals surface area contributed by atoms with E-state index in [0.29, 0.717) is 54.2 Å². The summed E-state index contributed by atoms with van der Waals surface area (Å²) in [4.78, 5) is 46.0. The van der Waals surface area contributed by atoms with E-state index in [-0.39, 0.29) is 42.0 Å². The number of aliphatic hydroxyl groups is 1. The van der Waals surface area contributed by atoms with Crippen LogP contribution in [0.25, 0.3) is 10.9 Å². The number of pyridine rings is 1. The topological polar surface area (TPSA) is 166 Å². The van der Waals surface area contributed by atoms with Gasteiger partial charge >= 0.3 is 6.09 Å². The number of alkyl carbamates (subject to hydrolysis) is 1. The van der Waals surface area contributed by atoms with Crippen LogP contribution in [0.15, 0.2) is 132 Å². The molecule has 6 aromatic rings. The van der Waals surface area contributed by atoms with Gasteiger partial charge in [0.2, 0.25) is 5.56 Å². The first kappa shape index (κ1) is 44.0. The minimum Gasteiger partial charge on any atom is -0.506 e. The fourth-order valence-corrected chi connectivity index (χ4v) is 8.71. The molecule has 9 rings (SSSR count). The molecule has 3 saturated heterocycles. The normalized spacial score (nSPS) is 17.6. The summed E-state index contributed by atoms with van der Waals surface area (Å²) in [7, 11) is 1.62. The van der Waals surface area contributed by atoms with Crippen LogP contribution in [0.5, 0.6) is 17.2 Å². The molecule has 2 amide bonds. The Morgan fingerprint density at radius 1 is 0.859 bits per heavy atom. The maximum Gasteiger partial charge on any atom is 0.408 e. The standard InChI is InChI=1S/C51H55N5O8/c1-62-40-17-13-34(14-18-40)31-56(26-6-25-52-30-45(58)42-19-21-44(57)49-43(42)20-22-47(59)53-49)50(60)38-15-11-35(12-16-38)33-63-41-10-5-9-39(29-41)48(37-7-3-2-4-8-37)54-51(61)64-46-32-55-27-23-36(46)24-28-55/h2-5,7-22,29,36,45-46,48,52,57-58H,6,23-28,30-33H2,1H3,(H,53,59)(H,54,61)/t45-,46-,48-/m0/s1. The minimum absolute atomic E-state index is 0.0652. The molecule has 64 heavy (non-hydrogen) atoms. The van der Waals surface area contributed by atoms with E-state index in [1.54, 1.807) is 19.2 Å². The van der Waals surface area contributed by atoms with Crippen molar-refractivity contribution in [1.29, 1.82) is 0 Å². The average Bonchev–Trinajstić information content (AvgIpc) is 3.33. The summed E-state index contributed by atoms with van der Waals surface area (Å²) in [5.41, 5.74) is 4.70. The SMILES string of the molecule is COc1ccc(CN(CCCNC[C@H](O)c2ccc(O)c3[nH]c(=O)ccc23)C(=O)c2ccc(COc3cccc([C@@H](NC(=O)O[C@H]4CN5CCC4CC5)c4ccccc4)c3)cc2)cc1. The van der Waals surface area contributed by atoms with E-state index in [2.05, 4.69) is 20.5 Å². The number of methoxy groups -OCH3 is 1. The zero-order valence-corrected chi connectivity index (χ0v) is 36.0. The lowest BCUT2D eigenvalue weighted by molar-refractivity contribution is -0.0336. The molecule has 13 heteroatoms. The molecular formula is C51H55N5O8. The number of benzene rings is 5. The van der Waals surface area contributed by atoms with Gasteiger partial charge in [-0.1, -0.05) is 72.8 Å². The number of aliphatic hydroxyl groups excluding tert-OH is 1. The number of phenolic OH excluding ortho intramolecular Hbond substituents is 1. The molecule has 5 aromatic carbocycles. The number of phenols is 1. The molecule has 4 heterocycles. The number of H-pyrrole nitrogens is 1. The molecule has 0 aliphatic carbocycles. The van der Waals surface area contributed by atoms with Crippen LogP contribution in [0.1, 0.15) is 69.6 Å². The molecule has 3 atom stereocenters. The van der Waals surface area contributed by atoms with Crippen LogP contribution in [0.4, 0.5) is 4.79 Å². The van der Waals surface area contributed by atoms with E-state index in [1.807, 2.05) is 108 Å². The highest BCUT2D eigenvalue weighted by molar-refractivity contribution is 5.94. The number of aromatic hydroxyl groups is 1. The summed E-state index contributed by atoms with van der Waals surface area (Å²) in [5.74, 6) is 1.60. The molecule has 0 spiro atoms. The third kappa shape index (κ3) is 10.9. The number of rotatable bonds is 18. The number of carbonyl (C=O) groups is 2. The van der Waals surface area contributed by atoms with E-state index in [9.17, 15) is 24.6 Å². The fourth-order valence-electron chi connectivity index (χ4n) is 8.71. The smallest absolute Gasteiger partial charge is 0.408 e. The molecule has 0 unspecified atom stereocenters. The van der Waals surface area contributed by atoms with Gasteiger partial charge in [-0.05, 0) is 121 Å². The Bertz CT molecular complexity index is 2560. The van der Waals surface area contributed by atoms with Crippen LogP contribution >= 0.6 is 0 Å². The summed E-state index contributed by atoms with van der Waals surface area (Å²) in [5, 5.41) is 28.2. The van der Waals surface area contributed by atoms with E-state index in [1.165, 1.54) is 12.1 Å². The van der Waals surface area contributed by atoms with Gasteiger partial charge in [0, 0.05) is 43.2 Å².